The molecule has 5 heteroatoms. The average Bonchev–Trinajstić information content (AvgIpc) is 2.27. The molecule has 2 N–H and O–H groups in total. The van der Waals surface area contributed by atoms with Gasteiger partial charge >= 0.3 is 5.97 Å². The van der Waals surface area contributed by atoms with Gasteiger partial charge < -0.3 is 14.9 Å². The Labute approximate surface area is 102 Å². The number of hydrogen-bond acceptors (Lipinski definition) is 4. The van der Waals surface area contributed by atoms with Gasteiger partial charge in [-0.1, -0.05) is 6.42 Å². The van der Waals surface area contributed by atoms with E-state index < -0.39 is 5.97 Å². The fourth-order valence-electron chi connectivity index (χ4n) is 2.21. The first-order valence-corrected chi connectivity index (χ1v) is 6.32. The van der Waals surface area contributed by atoms with Crippen LogP contribution in [0.5, 0.6) is 0 Å². The third kappa shape index (κ3) is 6.00. The highest BCUT2D eigenvalue weighted by Gasteiger charge is 2.23. The zero-order valence-corrected chi connectivity index (χ0v) is 10.5. The molecule has 100 valence electrons. The standard InChI is InChI=1S/C12H23NO4/c1-10-7-13(8-11(9-14)17-10)6-4-2-3-5-12(15)16/h10-11,14H,2-9H2,1H3,(H,15,16). The molecule has 0 aromatic heterocycles. The topological polar surface area (TPSA) is 70.0 Å². The van der Waals surface area contributed by atoms with Gasteiger partial charge in [0.2, 0.25) is 0 Å². The molecule has 1 saturated heterocycles. The molecule has 17 heavy (non-hydrogen) atoms. The van der Waals surface area contributed by atoms with E-state index in [0.717, 1.165) is 38.9 Å². The largest absolute Gasteiger partial charge is 0.481 e. The van der Waals surface area contributed by atoms with Gasteiger partial charge in [0.15, 0.2) is 0 Å². The van der Waals surface area contributed by atoms with E-state index in [-0.39, 0.29) is 25.2 Å². The van der Waals surface area contributed by atoms with Crippen LogP contribution in [0.4, 0.5) is 0 Å². The van der Waals surface area contributed by atoms with Crippen molar-refractivity contribution in [2.24, 2.45) is 0 Å². The molecule has 0 amide bonds. The van der Waals surface area contributed by atoms with E-state index in [1.807, 2.05) is 6.92 Å². The van der Waals surface area contributed by atoms with Crippen LogP contribution in [0.1, 0.15) is 32.6 Å². The van der Waals surface area contributed by atoms with Crippen molar-refractivity contribution in [1.29, 1.82) is 0 Å². The van der Waals surface area contributed by atoms with Crippen molar-refractivity contribution in [3.8, 4) is 0 Å². The Bertz CT molecular complexity index is 235. The van der Waals surface area contributed by atoms with Crippen LogP contribution < -0.4 is 0 Å². The molecule has 0 saturated carbocycles. The van der Waals surface area contributed by atoms with Crippen LogP contribution in [0.25, 0.3) is 0 Å². The highest BCUT2D eigenvalue weighted by atomic mass is 16.5. The summed E-state index contributed by atoms with van der Waals surface area (Å²) in [6.45, 7) is 4.72. The Kier molecular flexibility index (Phi) is 6.47. The van der Waals surface area contributed by atoms with E-state index in [0.29, 0.717) is 0 Å². The number of carboxylic acid groups (broad SMARTS) is 1. The van der Waals surface area contributed by atoms with E-state index in [9.17, 15) is 4.79 Å². The fraction of sp³-hybridized carbons (Fsp3) is 0.917. The molecule has 2 atom stereocenters. The lowest BCUT2D eigenvalue weighted by Gasteiger charge is -2.36. The van der Waals surface area contributed by atoms with E-state index in [2.05, 4.69) is 4.90 Å². The summed E-state index contributed by atoms with van der Waals surface area (Å²) in [4.78, 5) is 12.6. The molecule has 0 radical (unpaired) electrons. The number of carboxylic acids is 1. The third-order valence-corrected chi connectivity index (χ3v) is 2.97. The van der Waals surface area contributed by atoms with Gasteiger partial charge in [-0.05, 0) is 26.3 Å². The van der Waals surface area contributed by atoms with Crippen molar-refractivity contribution < 1.29 is 19.7 Å². The molecule has 1 aliphatic rings. The van der Waals surface area contributed by atoms with Crippen LogP contribution in [0.15, 0.2) is 0 Å². The SMILES string of the molecule is CC1CN(CCCCCC(=O)O)CC(CO)O1. The monoisotopic (exact) mass is 245 g/mol. The molecule has 1 rings (SSSR count). The molecular weight excluding hydrogens is 222 g/mol. The van der Waals surface area contributed by atoms with E-state index in [1.165, 1.54) is 0 Å². The number of hydrogen-bond donors (Lipinski definition) is 2. The maximum atomic E-state index is 10.3. The molecule has 5 nitrogen and oxygen atoms in total. The Morgan fingerprint density at radius 1 is 1.35 bits per heavy atom. The Morgan fingerprint density at radius 2 is 2.12 bits per heavy atom. The number of aliphatic carboxylic acids is 1. The predicted molar refractivity (Wildman–Crippen MR) is 64.0 cm³/mol. The molecule has 0 aliphatic carbocycles. The van der Waals surface area contributed by atoms with Crippen molar-refractivity contribution in [1.82, 2.24) is 4.90 Å². The van der Waals surface area contributed by atoms with Crippen LogP contribution in [0.2, 0.25) is 0 Å². The number of rotatable bonds is 7. The normalized spacial score (nSPS) is 26.0. The van der Waals surface area contributed by atoms with Gasteiger partial charge in [-0.3, -0.25) is 9.69 Å². The van der Waals surface area contributed by atoms with Crippen LogP contribution in [0.3, 0.4) is 0 Å². The van der Waals surface area contributed by atoms with Gasteiger partial charge in [0.1, 0.15) is 0 Å². The van der Waals surface area contributed by atoms with Gasteiger partial charge in [-0.15, -0.1) is 0 Å². The Balaban J connectivity index is 2.11. The smallest absolute Gasteiger partial charge is 0.303 e. The minimum absolute atomic E-state index is 0.0693. The minimum Gasteiger partial charge on any atom is -0.481 e. The number of aliphatic hydroxyl groups excluding tert-OH is 1. The first kappa shape index (κ1) is 14.4. The molecule has 0 aromatic rings. The number of ether oxygens (including phenoxy) is 1. The number of carbonyl (C=O) groups is 1. The lowest BCUT2D eigenvalue weighted by atomic mass is 10.1. The van der Waals surface area contributed by atoms with Crippen molar-refractivity contribution in [2.75, 3.05) is 26.2 Å². The number of morpholine rings is 1. The molecule has 1 fully saturated rings. The number of unbranched alkanes of at least 4 members (excludes halogenated alkanes) is 2. The van der Waals surface area contributed by atoms with Gasteiger partial charge in [-0.2, -0.15) is 0 Å². The summed E-state index contributed by atoms with van der Waals surface area (Å²) in [5.41, 5.74) is 0. The lowest BCUT2D eigenvalue weighted by molar-refractivity contribution is -0.137. The summed E-state index contributed by atoms with van der Waals surface area (Å²) in [5, 5.41) is 17.6. The maximum absolute atomic E-state index is 10.3. The van der Waals surface area contributed by atoms with E-state index in [1.54, 1.807) is 0 Å². The first-order valence-electron chi connectivity index (χ1n) is 6.32. The quantitative estimate of drug-likeness (QED) is 0.647. The van der Waals surface area contributed by atoms with Crippen molar-refractivity contribution in [3.05, 3.63) is 0 Å². The molecule has 1 heterocycles. The molecule has 1 aliphatic heterocycles. The molecule has 2 unspecified atom stereocenters. The third-order valence-electron chi connectivity index (χ3n) is 2.97. The Morgan fingerprint density at radius 3 is 2.76 bits per heavy atom. The van der Waals surface area contributed by atoms with Crippen LogP contribution in [-0.4, -0.2) is 59.5 Å². The van der Waals surface area contributed by atoms with Crippen LogP contribution in [0, 0.1) is 0 Å². The maximum Gasteiger partial charge on any atom is 0.303 e. The molecule has 0 bridgehead atoms. The number of nitrogens with zero attached hydrogens (tertiary/aromatic N) is 1. The van der Waals surface area contributed by atoms with Crippen molar-refractivity contribution in [3.63, 3.8) is 0 Å². The van der Waals surface area contributed by atoms with Gasteiger partial charge in [0, 0.05) is 19.5 Å². The van der Waals surface area contributed by atoms with Gasteiger partial charge in [0.05, 0.1) is 18.8 Å². The summed E-state index contributed by atoms with van der Waals surface area (Å²) in [5.74, 6) is -0.717. The van der Waals surface area contributed by atoms with Crippen LogP contribution >= 0.6 is 0 Å². The minimum atomic E-state index is -0.717. The van der Waals surface area contributed by atoms with E-state index in [4.69, 9.17) is 14.9 Å². The second-order valence-corrected chi connectivity index (χ2v) is 4.72. The lowest BCUT2D eigenvalue weighted by Crippen LogP contribution is -2.48. The van der Waals surface area contributed by atoms with Crippen molar-refractivity contribution >= 4 is 5.97 Å². The molecule has 0 aromatic carbocycles. The van der Waals surface area contributed by atoms with Gasteiger partial charge in [0.25, 0.3) is 0 Å². The summed E-state index contributed by atoms with van der Waals surface area (Å²) >= 11 is 0. The van der Waals surface area contributed by atoms with Gasteiger partial charge in [-0.25, -0.2) is 0 Å². The molecule has 0 spiro atoms. The predicted octanol–water partition coefficient (Wildman–Crippen LogP) is 0.713. The summed E-state index contributed by atoms with van der Waals surface area (Å²) < 4.78 is 5.56. The number of aliphatic hydroxyl groups is 1. The fourth-order valence-corrected chi connectivity index (χ4v) is 2.21. The second-order valence-electron chi connectivity index (χ2n) is 4.72. The van der Waals surface area contributed by atoms with Crippen molar-refractivity contribution in [2.45, 2.75) is 44.8 Å². The average molecular weight is 245 g/mol. The summed E-state index contributed by atoms with van der Waals surface area (Å²) in [6, 6.07) is 0. The highest BCUT2D eigenvalue weighted by Crippen LogP contribution is 2.12. The Hall–Kier alpha value is -0.650. The zero-order chi connectivity index (χ0) is 12.7. The zero-order valence-electron chi connectivity index (χ0n) is 10.5. The summed E-state index contributed by atoms with van der Waals surface area (Å²) in [6.07, 6.45) is 3.06. The first-order chi connectivity index (χ1) is 8.11. The second kappa shape index (κ2) is 7.63. The highest BCUT2D eigenvalue weighted by molar-refractivity contribution is 5.66. The summed E-state index contributed by atoms with van der Waals surface area (Å²) in [7, 11) is 0. The molecular formula is C12H23NO4. The van der Waals surface area contributed by atoms with E-state index >= 15 is 0 Å². The van der Waals surface area contributed by atoms with Crippen LogP contribution in [-0.2, 0) is 9.53 Å².